The molecule has 0 radical (unpaired) electrons. The fourth-order valence-corrected chi connectivity index (χ4v) is 2.92. The van der Waals surface area contributed by atoms with Crippen LogP contribution in [-0.4, -0.2) is 4.98 Å². The Balaban J connectivity index is 1.99. The summed E-state index contributed by atoms with van der Waals surface area (Å²) in [7, 11) is 0. The van der Waals surface area contributed by atoms with Crippen molar-refractivity contribution < 1.29 is 0 Å². The van der Waals surface area contributed by atoms with E-state index in [1.807, 2.05) is 13.0 Å². The van der Waals surface area contributed by atoms with Gasteiger partial charge in [0.2, 0.25) is 0 Å². The van der Waals surface area contributed by atoms with Crippen molar-refractivity contribution in [3.8, 4) is 11.1 Å². The average Bonchev–Trinajstić information content (AvgIpc) is 2.60. The normalized spacial score (nSPS) is 13.7. The topological polar surface area (TPSA) is 12.9 Å². The Morgan fingerprint density at radius 3 is 2.35 bits per heavy atom. The molecule has 23 heavy (non-hydrogen) atoms. The molecule has 1 aromatic heterocycles. The summed E-state index contributed by atoms with van der Waals surface area (Å²) in [5, 5.41) is 1.18. The fraction of sp³-hybridized carbons (Fsp3) is 0.227. The zero-order chi connectivity index (χ0) is 16.4. The van der Waals surface area contributed by atoms with E-state index in [2.05, 4.69) is 80.0 Å². The molecule has 0 saturated carbocycles. The first-order chi connectivity index (χ1) is 11.1. The van der Waals surface area contributed by atoms with Crippen LogP contribution in [0.15, 0.2) is 67.3 Å². The molecule has 1 heterocycles. The maximum atomic E-state index is 4.57. The quantitative estimate of drug-likeness (QED) is 0.533. The minimum absolute atomic E-state index is 0.0450. The van der Waals surface area contributed by atoms with Crippen LogP contribution in [0.25, 0.3) is 22.0 Å². The van der Waals surface area contributed by atoms with Crippen molar-refractivity contribution in [3.05, 3.63) is 78.5 Å². The lowest BCUT2D eigenvalue weighted by Crippen LogP contribution is -2.16. The van der Waals surface area contributed by atoms with Gasteiger partial charge in [0.1, 0.15) is 0 Å². The summed E-state index contributed by atoms with van der Waals surface area (Å²) in [6, 6.07) is 19.5. The summed E-state index contributed by atoms with van der Waals surface area (Å²) < 4.78 is 0. The summed E-state index contributed by atoms with van der Waals surface area (Å²) in [4.78, 5) is 4.57. The minimum Gasteiger partial charge on any atom is -0.253 e. The highest BCUT2D eigenvalue weighted by molar-refractivity contribution is 5.84. The van der Waals surface area contributed by atoms with Crippen molar-refractivity contribution in [1.29, 1.82) is 0 Å². The van der Waals surface area contributed by atoms with E-state index in [-0.39, 0.29) is 5.41 Å². The van der Waals surface area contributed by atoms with Gasteiger partial charge in [-0.1, -0.05) is 56.3 Å². The van der Waals surface area contributed by atoms with Crippen molar-refractivity contribution in [2.24, 2.45) is 0 Å². The predicted octanol–water partition coefficient (Wildman–Crippen LogP) is 6.06. The number of hydrogen-bond acceptors (Lipinski definition) is 1. The summed E-state index contributed by atoms with van der Waals surface area (Å²) in [6.07, 6.45) is 3.10. The molecular formula is C22H23N. The van der Waals surface area contributed by atoms with Gasteiger partial charge in [0.05, 0.1) is 5.52 Å². The summed E-state index contributed by atoms with van der Waals surface area (Å²) in [5.74, 6) is 0. The van der Waals surface area contributed by atoms with Crippen LogP contribution in [0.1, 0.15) is 31.5 Å². The van der Waals surface area contributed by atoms with Crippen LogP contribution in [0.2, 0.25) is 0 Å². The van der Waals surface area contributed by atoms with Gasteiger partial charge in [-0.2, -0.15) is 0 Å². The van der Waals surface area contributed by atoms with E-state index in [1.165, 1.54) is 22.1 Å². The van der Waals surface area contributed by atoms with Gasteiger partial charge in [-0.3, -0.25) is 4.98 Å². The third-order valence-electron chi connectivity index (χ3n) is 4.89. The van der Waals surface area contributed by atoms with Gasteiger partial charge in [0, 0.05) is 16.5 Å². The molecule has 0 aliphatic carbocycles. The molecule has 1 heteroatoms. The second kappa shape index (κ2) is 6.00. The molecule has 0 fully saturated rings. The third kappa shape index (κ3) is 2.92. The largest absolute Gasteiger partial charge is 0.253 e. The number of nitrogens with zero attached hydrogens (tertiary/aromatic N) is 1. The van der Waals surface area contributed by atoms with E-state index in [0.29, 0.717) is 0 Å². The number of fused-ring (bicyclic) bond motifs is 1. The third-order valence-corrected chi connectivity index (χ3v) is 4.89. The first-order valence-corrected chi connectivity index (χ1v) is 8.17. The van der Waals surface area contributed by atoms with Crippen molar-refractivity contribution in [2.75, 3.05) is 0 Å². The summed E-state index contributed by atoms with van der Waals surface area (Å²) in [5.41, 5.74) is 5.93. The van der Waals surface area contributed by atoms with E-state index >= 15 is 0 Å². The van der Waals surface area contributed by atoms with Crippen LogP contribution >= 0.6 is 0 Å². The van der Waals surface area contributed by atoms with Gasteiger partial charge >= 0.3 is 0 Å². The molecule has 0 spiro atoms. The minimum atomic E-state index is 0.0450. The molecule has 3 aromatic rings. The van der Waals surface area contributed by atoms with Crippen LogP contribution in [-0.2, 0) is 5.41 Å². The summed E-state index contributed by atoms with van der Waals surface area (Å²) >= 11 is 0. The standard InChI is InChI=1S/C22H23N/c1-5-22(4,6-2)20-12-9-17(10-13-20)18-11-14-21-19(15-18)8-7-16(3)23-21/h5,7-15H,1,6H2,2-4H3. The molecule has 0 N–H and O–H groups in total. The van der Waals surface area contributed by atoms with E-state index in [0.717, 1.165) is 17.6 Å². The van der Waals surface area contributed by atoms with Gasteiger partial charge in [0.15, 0.2) is 0 Å². The van der Waals surface area contributed by atoms with Gasteiger partial charge in [0.25, 0.3) is 0 Å². The lowest BCUT2D eigenvalue weighted by molar-refractivity contribution is 0.574. The van der Waals surface area contributed by atoms with Gasteiger partial charge in [-0.25, -0.2) is 0 Å². The molecule has 3 rings (SSSR count). The molecule has 1 nitrogen and oxygen atoms in total. The van der Waals surface area contributed by atoms with Gasteiger partial charge < -0.3 is 0 Å². The Labute approximate surface area is 138 Å². The Bertz CT molecular complexity index is 845. The van der Waals surface area contributed by atoms with Crippen molar-refractivity contribution in [1.82, 2.24) is 4.98 Å². The zero-order valence-corrected chi connectivity index (χ0v) is 14.1. The Morgan fingerprint density at radius 2 is 1.70 bits per heavy atom. The van der Waals surface area contributed by atoms with Crippen LogP contribution in [0.5, 0.6) is 0 Å². The van der Waals surface area contributed by atoms with Crippen LogP contribution in [0, 0.1) is 6.92 Å². The van der Waals surface area contributed by atoms with Crippen LogP contribution in [0.4, 0.5) is 0 Å². The lowest BCUT2D eigenvalue weighted by Gasteiger charge is -2.24. The second-order valence-electron chi connectivity index (χ2n) is 6.41. The maximum Gasteiger partial charge on any atom is 0.0705 e. The highest BCUT2D eigenvalue weighted by Gasteiger charge is 2.19. The number of pyridine rings is 1. The number of rotatable bonds is 4. The van der Waals surface area contributed by atoms with E-state index in [9.17, 15) is 0 Å². The first-order valence-electron chi connectivity index (χ1n) is 8.17. The number of aromatic nitrogens is 1. The molecular weight excluding hydrogens is 278 g/mol. The number of benzene rings is 2. The summed E-state index contributed by atoms with van der Waals surface area (Å²) in [6.45, 7) is 10.5. The molecule has 2 aromatic carbocycles. The van der Waals surface area contributed by atoms with Crippen LogP contribution < -0.4 is 0 Å². The molecule has 0 aliphatic heterocycles. The fourth-order valence-electron chi connectivity index (χ4n) is 2.92. The smallest absolute Gasteiger partial charge is 0.0705 e. The Hall–Kier alpha value is -2.41. The highest BCUT2D eigenvalue weighted by Crippen LogP contribution is 2.31. The van der Waals surface area contributed by atoms with Crippen molar-refractivity contribution in [3.63, 3.8) is 0 Å². The predicted molar refractivity (Wildman–Crippen MR) is 99.8 cm³/mol. The van der Waals surface area contributed by atoms with Gasteiger partial charge in [-0.15, -0.1) is 6.58 Å². The first kappa shape index (κ1) is 15.5. The molecule has 1 unspecified atom stereocenters. The molecule has 0 aliphatic rings. The maximum absolute atomic E-state index is 4.57. The average molecular weight is 301 g/mol. The number of hydrogen-bond donors (Lipinski definition) is 0. The van der Waals surface area contributed by atoms with Crippen molar-refractivity contribution >= 4 is 10.9 Å². The van der Waals surface area contributed by atoms with Crippen molar-refractivity contribution in [2.45, 2.75) is 32.6 Å². The van der Waals surface area contributed by atoms with Crippen LogP contribution in [0.3, 0.4) is 0 Å². The molecule has 1 atom stereocenters. The Kier molecular flexibility index (Phi) is 4.04. The molecule has 0 amide bonds. The van der Waals surface area contributed by atoms with E-state index in [1.54, 1.807) is 0 Å². The molecule has 116 valence electrons. The lowest BCUT2D eigenvalue weighted by atomic mass is 9.80. The molecule has 0 bridgehead atoms. The SMILES string of the molecule is C=CC(C)(CC)c1ccc(-c2ccc3nc(C)ccc3c2)cc1. The van der Waals surface area contributed by atoms with E-state index < -0.39 is 0 Å². The highest BCUT2D eigenvalue weighted by atomic mass is 14.7. The van der Waals surface area contributed by atoms with Gasteiger partial charge in [-0.05, 0) is 48.2 Å². The Morgan fingerprint density at radius 1 is 1.00 bits per heavy atom. The number of allylic oxidation sites excluding steroid dienone is 1. The second-order valence-corrected chi connectivity index (χ2v) is 6.41. The van der Waals surface area contributed by atoms with E-state index in [4.69, 9.17) is 0 Å². The monoisotopic (exact) mass is 301 g/mol. The molecule has 0 saturated heterocycles. The number of aryl methyl sites for hydroxylation is 1. The zero-order valence-electron chi connectivity index (χ0n) is 14.1.